The lowest BCUT2D eigenvalue weighted by Gasteiger charge is -2.14. The molecule has 16 heavy (non-hydrogen) atoms. The van der Waals surface area contributed by atoms with Gasteiger partial charge in [-0.3, -0.25) is 0 Å². The minimum atomic E-state index is -0.932. The highest BCUT2D eigenvalue weighted by atomic mass is 16.5. The second kappa shape index (κ2) is 6.27. The highest BCUT2D eigenvalue weighted by Gasteiger charge is 2.18. The number of ether oxygens (including phenoxy) is 1. The first kappa shape index (κ1) is 12.7. The van der Waals surface area contributed by atoms with Crippen LogP contribution in [0.25, 0.3) is 0 Å². The molecule has 1 N–H and O–H groups in total. The molecule has 1 heterocycles. The predicted octanol–water partition coefficient (Wildman–Crippen LogP) is 1.33. The van der Waals surface area contributed by atoms with Gasteiger partial charge in [-0.2, -0.15) is 0 Å². The van der Waals surface area contributed by atoms with Crippen molar-refractivity contribution in [2.45, 2.75) is 39.3 Å². The number of carboxylic acids is 1. The Bertz CT molecular complexity index is 336. The van der Waals surface area contributed by atoms with Crippen LogP contribution in [0.5, 0.6) is 0 Å². The first-order valence-electron chi connectivity index (χ1n) is 5.53. The van der Waals surface area contributed by atoms with E-state index in [9.17, 15) is 4.79 Å². The van der Waals surface area contributed by atoms with Crippen LogP contribution in [-0.4, -0.2) is 33.3 Å². The molecule has 0 amide bonds. The molecule has 0 fully saturated rings. The van der Waals surface area contributed by atoms with Crippen LogP contribution in [0.4, 0.5) is 0 Å². The zero-order chi connectivity index (χ0) is 12.0. The smallest absolute Gasteiger partial charge is 0.334 e. The fraction of sp³-hybridized carbons (Fsp3) is 0.636. The standard InChI is InChI=1S/C11H18N2O3/c1-3-5-10-12-6-7-13(10)8-9(11(14)15)16-4-2/h6-7,9H,3-5,8H2,1-2H3,(H,14,15). The molecular formula is C11H18N2O3. The summed E-state index contributed by atoms with van der Waals surface area (Å²) in [5.41, 5.74) is 0. The normalized spacial score (nSPS) is 12.6. The monoisotopic (exact) mass is 226 g/mol. The Balaban J connectivity index is 2.68. The van der Waals surface area contributed by atoms with Gasteiger partial charge in [-0.25, -0.2) is 9.78 Å². The highest BCUT2D eigenvalue weighted by Crippen LogP contribution is 2.05. The lowest BCUT2D eigenvalue weighted by molar-refractivity contribution is -0.151. The van der Waals surface area contributed by atoms with Crippen LogP contribution in [0.3, 0.4) is 0 Å². The topological polar surface area (TPSA) is 64.4 Å². The van der Waals surface area contributed by atoms with Crippen LogP contribution in [0.1, 0.15) is 26.1 Å². The molecule has 1 aromatic heterocycles. The van der Waals surface area contributed by atoms with Crippen LogP contribution in [0, 0.1) is 0 Å². The van der Waals surface area contributed by atoms with Gasteiger partial charge in [0.2, 0.25) is 0 Å². The van der Waals surface area contributed by atoms with E-state index in [-0.39, 0.29) is 0 Å². The summed E-state index contributed by atoms with van der Waals surface area (Å²) in [7, 11) is 0. The lowest BCUT2D eigenvalue weighted by atomic mass is 10.3. The summed E-state index contributed by atoms with van der Waals surface area (Å²) in [6.07, 6.45) is 4.53. The molecule has 0 saturated carbocycles. The maximum atomic E-state index is 10.9. The van der Waals surface area contributed by atoms with Gasteiger partial charge in [0.05, 0.1) is 6.54 Å². The molecule has 1 rings (SSSR count). The van der Waals surface area contributed by atoms with E-state index >= 15 is 0 Å². The molecule has 0 aliphatic heterocycles. The quantitative estimate of drug-likeness (QED) is 0.761. The third-order valence-electron chi connectivity index (χ3n) is 2.28. The molecule has 90 valence electrons. The van der Waals surface area contributed by atoms with E-state index in [1.807, 2.05) is 4.57 Å². The number of carboxylic acid groups (broad SMARTS) is 1. The Kier molecular flexibility index (Phi) is 4.98. The summed E-state index contributed by atoms with van der Waals surface area (Å²) in [6, 6.07) is 0. The molecule has 1 atom stereocenters. The van der Waals surface area contributed by atoms with Crippen molar-refractivity contribution in [3.63, 3.8) is 0 Å². The van der Waals surface area contributed by atoms with Crippen molar-refractivity contribution >= 4 is 5.97 Å². The van der Waals surface area contributed by atoms with Crippen LogP contribution < -0.4 is 0 Å². The molecule has 0 radical (unpaired) electrons. The number of hydrogen-bond acceptors (Lipinski definition) is 3. The van der Waals surface area contributed by atoms with Crippen molar-refractivity contribution in [1.82, 2.24) is 9.55 Å². The van der Waals surface area contributed by atoms with Crippen molar-refractivity contribution in [2.75, 3.05) is 6.61 Å². The maximum absolute atomic E-state index is 10.9. The first-order valence-corrected chi connectivity index (χ1v) is 5.53. The summed E-state index contributed by atoms with van der Waals surface area (Å²) in [5.74, 6) is -0.0218. The number of nitrogens with zero attached hydrogens (tertiary/aromatic N) is 2. The van der Waals surface area contributed by atoms with Gasteiger partial charge in [-0.15, -0.1) is 0 Å². The number of aryl methyl sites for hydroxylation is 1. The van der Waals surface area contributed by atoms with Crippen molar-refractivity contribution in [3.8, 4) is 0 Å². The second-order valence-corrected chi connectivity index (χ2v) is 3.53. The molecule has 0 aliphatic carbocycles. The van der Waals surface area contributed by atoms with Gasteiger partial charge in [0.25, 0.3) is 0 Å². The number of hydrogen-bond donors (Lipinski definition) is 1. The number of imidazole rings is 1. The summed E-state index contributed by atoms with van der Waals surface area (Å²) in [5, 5.41) is 8.97. The lowest BCUT2D eigenvalue weighted by Crippen LogP contribution is -2.29. The van der Waals surface area contributed by atoms with E-state index in [2.05, 4.69) is 11.9 Å². The number of aliphatic carboxylic acids is 1. The van der Waals surface area contributed by atoms with Gasteiger partial charge in [0.1, 0.15) is 5.82 Å². The molecule has 0 saturated heterocycles. The number of aromatic nitrogens is 2. The summed E-state index contributed by atoms with van der Waals surface area (Å²) >= 11 is 0. The summed E-state index contributed by atoms with van der Waals surface area (Å²) in [6.45, 7) is 4.57. The van der Waals surface area contributed by atoms with Crippen molar-refractivity contribution in [3.05, 3.63) is 18.2 Å². The Morgan fingerprint density at radius 1 is 1.62 bits per heavy atom. The third-order valence-corrected chi connectivity index (χ3v) is 2.28. The average molecular weight is 226 g/mol. The summed E-state index contributed by atoms with van der Waals surface area (Å²) in [4.78, 5) is 15.1. The third kappa shape index (κ3) is 3.34. The van der Waals surface area contributed by atoms with Crippen molar-refractivity contribution in [1.29, 1.82) is 0 Å². The minimum Gasteiger partial charge on any atom is -0.479 e. The molecule has 1 aromatic rings. The van der Waals surface area contributed by atoms with E-state index in [4.69, 9.17) is 9.84 Å². The van der Waals surface area contributed by atoms with Crippen molar-refractivity contribution in [2.24, 2.45) is 0 Å². The molecule has 5 nitrogen and oxygen atoms in total. The number of rotatable bonds is 7. The average Bonchev–Trinajstić information content (AvgIpc) is 2.65. The Morgan fingerprint density at radius 3 is 2.94 bits per heavy atom. The molecule has 5 heteroatoms. The molecular weight excluding hydrogens is 208 g/mol. The van der Waals surface area contributed by atoms with E-state index < -0.39 is 12.1 Å². The van der Waals surface area contributed by atoms with Gasteiger partial charge in [0.15, 0.2) is 6.10 Å². The van der Waals surface area contributed by atoms with E-state index in [1.165, 1.54) is 0 Å². The van der Waals surface area contributed by atoms with Crippen molar-refractivity contribution < 1.29 is 14.6 Å². The predicted molar refractivity (Wildman–Crippen MR) is 59.3 cm³/mol. The molecule has 0 aliphatic rings. The molecule has 0 bridgehead atoms. The largest absolute Gasteiger partial charge is 0.479 e. The van der Waals surface area contributed by atoms with E-state index in [0.717, 1.165) is 18.7 Å². The molecule has 0 spiro atoms. The number of carbonyl (C=O) groups is 1. The highest BCUT2D eigenvalue weighted by molar-refractivity contribution is 5.72. The van der Waals surface area contributed by atoms with Crippen LogP contribution in [-0.2, 0) is 22.5 Å². The van der Waals surface area contributed by atoms with Gasteiger partial charge in [-0.05, 0) is 13.3 Å². The maximum Gasteiger partial charge on any atom is 0.334 e. The van der Waals surface area contributed by atoms with Gasteiger partial charge in [-0.1, -0.05) is 6.92 Å². The molecule has 0 aromatic carbocycles. The van der Waals surface area contributed by atoms with Crippen LogP contribution >= 0.6 is 0 Å². The van der Waals surface area contributed by atoms with Crippen LogP contribution in [0.15, 0.2) is 12.4 Å². The Morgan fingerprint density at radius 2 is 2.38 bits per heavy atom. The second-order valence-electron chi connectivity index (χ2n) is 3.53. The van der Waals surface area contributed by atoms with Crippen LogP contribution in [0.2, 0.25) is 0 Å². The van der Waals surface area contributed by atoms with E-state index in [1.54, 1.807) is 19.3 Å². The summed E-state index contributed by atoms with van der Waals surface area (Å²) < 4.78 is 7.01. The zero-order valence-electron chi connectivity index (χ0n) is 9.72. The minimum absolute atomic E-state index is 0.318. The van der Waals surface area contributed by atoms with Gasteiger partial charge < -0.3 is 14.4 Å². The zero-order valence-corrected chi connectivity index (χ0v) is 9.72. The fourth-order valence-corrected chi connectivity index (χ4v) is 1.54. The Labute approximate surface area is 95.1 Å². The van der Waals surface area contributed by atoms with Gasteiger partial charge in [0, 0.05) is 25.4 Å². The SMILES string of the molecule is CCCc1nccn1CC(OCC)C(=O)O. The fourth-order valence-electron chi connectivity index (χ4n) is 1.54. The first-order chi connectivity index (χ1) is 7.69. The Hall–Kier alpha value is -1.36. The van der Waals surface area contributed by atoms with Gasteiger partial charge >= 0.3 is 5.97 Å². The van der Waals surface area contributed by atoms with E-state index in [0.29, 0.717) is 13.2 Å². The molecule has 1 unspecified atom stereocenters.